The van der Waals surface area contributed by atoms with E-state index in [0.717, 1.165) is 24.3 Å². The molecule has 1 N–H and O–H groups in total. The summed E-state index contributed by atoms with van der Waals surface area (Å²) < 4.78 is 41.3. The van der Waals surface area contributed by atoms with Gasteiger partial charge in [-0.3, -0.25) is 0 Å². The summed E-state index contributed by atoms with van der Waals surface area (Å²) in [7, 11) is 1.63. The number of ether oxygens (including phenoxy) is 1. The summed E-state index contributed by atoms with van der Waals surface area (Å²) in [6.07, 6.45) is -3.24. The summed E-state index contributed by atoms with van der Waals surface area (Å²) in [5.41, 5.74) is 1.10. The maximum atomic E-state index is 12.0. The summed E-state index contributed by atoms with van der Waals surface area (Å²) in [6, 6.07) is 7.85. The third-order valence-electron chi connectivity index (χ3n) is 3.18. The van der Waals surface area contributed by atoms with Gasteiger partial charge in [0, 0.05) is 12.5 Å². The molecule has 0 aromatic heterocycles. The minimum absolute atomic E-state index is 0.0899. The minimum Gasteiger partial charge on any atom is -0.496 e. The van der Waals surface area contributed by atoms with Gasteiger partial charge in [-0.05, 0) is 44.4 Å². The molecule has 0 aliphatic heterocycles. The molecule has 2 nitrogen and oxygen atoms in total. The van der Waals surface area contributed by atoms with Gasteiger partial charge in [-0.2, -0.15) is 13.2 Å². The molecule has 1 rings (SSSR count). The summed E-state index contributed by atoms with van der Waals surface area (Å²) in [5, 5.41) is 3.25. The molecule has 0 aliphatic rings. The van der Waals surface area contributed by atoms with Crippen molar-refractivity contribution in [1.82, 2.24) is 5.32 Å². The molecule has 0 saturated heterocycles. The van der Waals surface area contributed by atoms with E-state index < -0.39 is 12.6 Å². The smallest absolute Gasteiger partial charge is 0.389 e. The van der Waals surface area contributed by atoms with Crippen LogP contribution in [0.4, 0.5) is 13.2 Å². The van der Waals surface area contributed by atoms with Gasteiger partial charge in [0.25, 0.3) is 0 Å². The van der Waals surface area contributed by atoms with Crippen LogP contribution in [0.2, 0.25) is 0 Å². The first kappa shape index (κ1) is 16.8. The second-order valence-electron chi connectivity index (χ2n) is 4.92. The van der Waals surface area contributed by atoms with Gasteiger partial charge in [0.2, 0.25) is 0 Å². The van der Waals surface area contributed by atoms with Crippen LogP contribution in [0, 0.1) is 0 Å². The second-order valence-corrected chi connectivity index (χ2v) is 4.92. The molecule has 1 unspecified atom stereocenters. The van der Waals surface area contributed by atoms with Gasteiger partial charge in [0.15, 0.2) is 0 Å². The van der Waals surface area contributed by atoms with Crippen LogP contribution in [0.25, 0.3) is 0 Å². The van der Waals surface area contributed by atoms with E-state index in [9.17, 15) is 13.2 Å². The Morgan fingerprint density at radius 2 is 1.95 bits per heavy atom. The lowest BCUT2D eigenvalue weighted by Crippen LogP contribution is -2.28. The van der Waals surface area contributed by atoms with Gasteiger partial charge >= 0.3 is 6.18 Å². The van der Waals surface area contributed by atoms with Gasteiger partial charge in [-0.1, -0.05) is 18.2 Å². The predicted molar refractivity (Wildman–Crippen MR) is 74.1 cm³/mol. The van der Waals surface area contributed by atoms with E-state index in [4.69, 9.17) is 4.74 Å². The molecular weight excluding hydrogens is 267 g/mol. The molecule has 20 heavy (non-hydrogen) atoms. The van der Waals surface area contributed by atoms with E-state index in [1.54, 1.807) is 7.11 Å². The summed E-state index contributed by atoms with van der Waals surface area (Å²) >= 11 is 0. The Hall–Kier alpha value is -1.23. The van der Waals surface area contributed by atoms with Crippen LogP contribution in [-0.4, -0.2) is 25.9 Å². The normalized spacial score (nSPS) is 13.2. The van der Waals surface area contributed by atoms with E-state index in [-0.39, 0.29) is 12.5 Å². The Labute approximate surface area is 118 Å². The number of hydrogen-bond donors (Lipinski definition) is 1. The first-order valence-corrected chi connectivity index (χ1v) is 6.84. The third kappa shape index (κ3) is 6.80. The zero-order chi connectivity index (χ0) is 15.0. The Morgan fingerprint density at radius 3 is 2.60 bits per heavy atom. The van der Waals surface area contributed by atoms with Crippen molar-refractivity contribution in [3.8, 4) is 5.75 Å². The minimum atomic E-state index is -4.04. The SMILES string of the molecule is COc1ccccc1CCNC(C)CCCC(F)(F)F. The lowest BCUT2D eigenvalue weighted by molar-refractivity contribution is -0.135. The van der Waals surface area contributed by atoms with Crippen molar-refractivity contribution in [3.63, 3.8) is 0 Å². The average molecular weight is 289 g/mol. The molecule has 0 fully saturated rings. The fourth-order valence-corrected chi connectivity index (χ4v) is 2.07. The predicted octanol–water partition coefficient (Wildman–Crippen LogP) is 3.95. The molecule has 1 atom stereocenters. The maximum absolute atomic E-state index is 12.0. The van der Waals surface area contributed by atoms with E-state index in [1.807, 2.05) is 31.2 Å². The lowest BCUT2D eigenvalue weighted by Gasteiger charge is -2.15. The fourth-order valence-electron chi connectivity index (χ4n) is 2.07. The van der Waals surface area contributed by atoms with E-state index in [1.165, 1.54) is 0 Å². The van der Waals surface area contributed by atoms with Crippen LogP contribution in [-0.2, 0) is 6.42 Å². The third-order valence-corrected chi connectivity index (χ3v) is 3.18. The molecular formula is C15H22F3NO. The van der Waals surface area contributed by atoms with Crippen LogP contribution in [0.3, 0.4) is 0 Å². The first-order chi connectivity index (χ1) is 9.42. The van der Waals surface area contributed by atoms with Crippen molar-refractivity contribution in [2.45, 2.75) is 44.8 Å². The number of halogens is 3. The number of para-hydroxylation sites is 1. The quantitative estimate of drug-likeness (QED) is 0.782. The molecule has 0 radical (unpaired) electrons. The number of hydrogen-bond acceptors (Lipinski definition) is 2. The standard InChI is InChI=1S/C15H22F3NO/c1-12(6-5-10-15(16,17)18)19-11-9-13-7-3-4-8-14(13)20-2/h3-4,7-8,12,19H,5-6,9-11H2,1-2H3. The Morgan fingerprint density at radius 1 is 1.25 bits per heavy atom. The number of nitrogens with one attached hydrogen (secondary N) is 1. The van der Waals surface area contributed by atoms with E-state index >= 15 is 0 Å². The Bertz CT molecular complexity index is 393. The molecule has 0 heterocycles. The zero-order valence-corrected chi connectivity index (χ0v) is 12.0. The van der Waals surface area contributed by atoms with Crippen molar-refractivity contribution in [2.75, 3.05) is 13.7 Å². The van der Waals surface area contributed by atoms with Crippen LogP contribution in [0.1, 0.15) is 31.7 Å². The molecule has 0 amide bonds. The molecule has 5 heteroatoms. The molecule has 1 aromatic rings. The number of alkyl halides is 3. The van der Waals surface area contributed by atoms with Gasteiger partial charge in [-0.15, -0.1) is 0 Å². The van der Waals surface area contributed by atoms with Crippen LogP contribution in [0.5, 0.6) is 5.75 Å². The Kier molecular flexibility index (Phi) is 6.85. The van der Waals surface area contributed by atoms with Gasteiger partial charge in [0.1, 0.15) is 5.75 Å². The second kappa shape index (κ2) is 8.15. The van der Waals surface area contributed by atoms with Crippen molar-refractivity contribution >= 4 is 0 Å². The van der Waals surface area contributed by atoms with Gasteiger partial charge in [0.05, 0.1) is 7.11 Å². The van der Waals surface area contributed by atoms with E-state index in [2.05, 4.69) is 5.32 Å². The largest absolute Gasteiger partial charge is 0.496 e. The lowest BCUT2D eigenvalue weighted by atomic mass is 10.1. The van der Waals surface area contributed by atoms with Crippen molar-refractivity contribution in [1.29, 1.82) is 0 Å². The number of methoxy groups -OCH3 is 1. The highest BCUT2D eigenvalue weighted by molar-refractivity contribution is 5.33. The highest BCUT2D eigenvalue weighted by atomic mass is 19.4. The summed E-state index contributed by atoms with van der Waals surface area (Å²) in [4.78, 5) is 0. The van der Waals surface area contributed by atoms with Crippen LogP contribution >= 0.6 is 0 Å². The molecule has 0 bridgehead atoms. The van der Waals surface area contributed by atoms with Gasteiger partial charge < -0.3 is 10.1 Å². The highest BCUT2D eigenvalue weighted by Gasteiger charge is 2.26. The molecule has 114 valence electrons. The van der Waals surface area contributed by atoms with Crippen molar-refractivity contribution < 1.29 is 17.9 Å². The zero-order valence-electron chi connectivity index (χ0n) is 12.0. The molecule has 1 aromatic carbocycles. The van der Waals surface area contributed by atoms with Gasteiger partial charge in [-0.25, -0.2) is 0 Å². The fraction of sp³-hybridized carbons (Fsp3) is 0.600. The Balaban J connectivity index is 2.23. The van der Waals surface area contributed by atoms with Crippen LogP contribution in [0.15, 0.2) is 24.3 Å². The average Bonchev–Trinajstić information content (AvgIpc) is 2.38. The number of benzene rings is 1. The molecule has 0 saturated carbocycles. The van der Waals surface area contributed by atoms with Crippen molar-refractivity contribution in [3.05, 3.63) is 29.8 Å². The monoisotopic (exact) mass is 289 g/mol. The maximum Gasteiger partial charge on any atom is 0.389 e. The van der Waals surface area contributed by atoms with Crippen LogP contribution < -0.4 is 10.1 Å². The first-order valence-electron chi connectivity index (χ1n) is 6.84. The highest BCUT2D eigenvalue weighted by Crippen LogP contribution is 2.22. The molecule has 0 spiro atoms. The van der Waals surface area contributed by atoms with Crippen molar-refractivity contribution in [2.24, 2.45) is 0 Å². The summed E-state index contributed by atoms with van der Waals surface area (Å²) in [5.74, 6) is 0.846. The topological polar surface area (TPSA) is 21.3 Å². The molecule has 0 aliphatic carbocycles. The van der Waals surface area contributed by atoms with E-state index in [0.29, 0.717) is 6.42 Å². The number of rotatable bonds is 8. The summed E-state index contributed by atoms with van der Waals surface area (Å²) in [6.45, 7) is 2.64.